The van der Waals surface area contributed by atoms with Crippen molar-refractivity contribution in [1.29, 1.82) is 0 Å². The molecule has 1 unspecified atom stereocenters. The number of methoxy groups -OCH3 is 1. The summed E-state index contributed by atoms with van der Waals surface area (Å²) in [4.78, 5) is 1.09. The first-order chi connectivity index (χ1) is 9.36. The Balaban J connectivity index is 2.61. The lowest BCUT2D eigenvalue weighted by atomic mass is 9.97. The van der Waals surface area contributed by atoms with Crippen LogP contribution in [0.25, 0.3) is 0 Å². The SMILES string of the molecule is COc1c(C)cc(Br)c(C)c1C(N)c1cc(Br)c(Br)s1. The predicted octanol–water partition coefficient (Wildman–Crippen LogP) is 5.71. The molecule has 1 heterocycles. The molecule has 2 nitrogen and oxygen atoms in total. The highest BCUT2D eigenvalue weighted by Gasteiger charge is 2.22. The first-order valence-electron chi connectivity index (χ1n) is 5.90. The molecule has 0 fully saturated rings. The molecule has 0 amide bonds. The molecule has 108 valence electrons. The fourth-order valence-corrected chi connectivity index (χ4v) is 4.84. The fourth-order valence-electron chi connectivity index (χ4n) is 2.18. The van der Waals surface area contributed by atoms with Gasteiger partial charge in [0, 0.05) is 19.4 Å². The molecule has 1 aromatic heterocycles. The molecule has 2 N–H and O–H groups in total. The van der Waals surface area contributed by atoms with Crippen LogP contribution in [0.5, 0.6) is 5.75 Å². The first kappa shape index (κ1) is 16.5. The van der Waals surface area contributed by atoms with E-state index in [0.717, 1.165) is 40.0 Å². The molecule has 0 radical (unpaired) electrons. The molecular weight excluding hydrogens is 470 g/mol. The van der Waals surface area contributed by atoms with Crippen molar-refractivity contribution in [3.05, 3.63) is 46.4 Å². The molecule has 0 spiro atoms. The van der Waals surface area contributed by atoms with Gasteiger partial charge in [0.1, 0.15) is 5.75 Å². The van der Waals surface area contributed by atoms with Crippen molar-refractivity contribution < 1.29 is 4.74 Å². The minimum Gasteiger partial charge on any atom is -0.496 e. The van der Waals surface area contributed by atoms with Crippen molar-refractivity contribution in [3.63, 3.8) is 0 Å². The Morgan fingerprint density at radius 2 is 1.80 bits per heavy atom. The summed E-state index contributed by atoms with van der Waals surface area (Å²) in [5, 5.41) is 0. The van der Waals surface area contributed by atoms with Crippen molar-refractivity contribution in [3.8, 4) is 5.75 Å². The smallest absolute Gasteiger partial charge is 0.127 e. The number of nitrogens with two attached hydrogens (primary N) is 1. The van der Waals surface area contributed by atoms with Gasteiger partial charge in [-0.25, -0.2) is 0 Å². The van der Waals surface area contributed by atoms with Crippen LogP contribution in [0.15, 0.2) is 24.9 Å². The minimum atomic E-state index is -0.214. The third-order valence-corrected chi connectivity index (χ3v) is 7.36. The average Bonchev–Trinajstić information content (AvgIpc) is 2.73. The lowest BCUT2D eigenvalue weighted by Gasteiger charge is -2.20. The van der Waals surface area contributed by atoms with Crippen LogP contribution in [-0.4, -0.2) is 7.11 Å². The molecule has 0 bridgehead atoms. The lowest BCUT2D eigenvalue weighted by molar-refractivity contribution is 0.404. The summed E-state index contributed by atoms with van der Waals surface area (Å²) in [6, 6.07) is 3.90. The van der Waals surface area contributed by atoms with Crippen molar-refractivity contribution in [2.24, 2.45) is 5.73 Å². The van der Waals surface area contributed by atoms with E-state index in [9.17, 15) is 0 Å². The zero-order valence-electron chi connectivity index (χ0n) is 11.3. The molecule has 6 heteroatoms. The maximum absolute atomic E-state index is 6.48. The number of thiophene rings is 1. The van der Waals surface area contributed by atoms with Gasteiger partial charge in [-0.1, -0.05) is 15.9 Å². The van der Waals surface area contributed by atoms with Crippen LogP contribution < -0.4 is 10.5 Å². The third kappa shape index (κ3) is 2.99. The van der Waals surface area contributed by atoms with E-state index < -0.39 is 0 Å². The highest BCUT2D eigenvalue weighted by Crippen LogP contribution is 2.42. The van der Waals surface area contributed by atoms with Gasteiger partial charge in [0.2, 0.25) is 0 Å². The van der Waals surface area contributed by atoms with E-state index in [2.05, 4.69) is 66.8 Å². The molecule has 0 aliphatic rings. The fraction of sp³-hybridized carbons (Fsp3) is 0.286. The molecule has 0 aliphatic heterocycles. The molecule has 0 aliphatic carbocycles. The molecular formula is C14H14Br3NOS. The summed E-state index contributed by atoms with van der Waals surface area (Å²) >= 11 is 12.2. The highest BCUT2D eigenvalue weighted by atomic mass is 79.9. The Kier molecular flexibility index (Phi) is 5.34. The van der Waals surface area contributed by atoms with Crippen LogP contribution in [0.4, 0.5) is 0 Å². The van der Waals surface area contributed by atoms with E-state index in [4.69, 9.17) is 10.5 Å². The average molecular weight is 484 g/mol. The van der Waals surface area contributed by atoms with Crippen LogP contribution >= 0.6 is 59.1 Å². The van der Waals surface area contributed by atoms with Gasteiger partial charge in [0.15, 0.2) is 0 Å². The predicted molar refractivity (Wildman–Crippen MR) is 95.9 cm³/mol. The number of aryl methyl sites for hydroxylation is 1. The largest absolute Gasteiger partial charge is 0.496 e. The molecule has 20 heavy (non-hydrogen) atoms. The molecule has 2 rings (SSSR count). The van der Waals surface area contributed by atoms with E-state index in [1.54, 1.807) is 18.4 Å². The molecule has 2 aromatic rings. The van der Waals surface area contributed by atoms with Crippen LogP contribution in [-0.2, 0) is 0 Å². The van der Waals surface area contributed by atoms with E-state index in [0.29, 0.717) is 0 Å². The van der Waals surface area contributed by atoms with Gasteiger partial charge in [-0.15, -0.1) is 11.3 Å². The zero-order valence-corrected chi connectivity index (χ0v) is 16.8. The normalized spacial score (nSPS) is 12.6. The van der Waals surface area contributed by atoms with E-state index in [1.165, 1.54) is 0 Å². The van der Waals surface area contributed by atoms with Crippen molar-refractivity contribution in [2.45, 2.75) is 19.9 Å². The van der Waals surface area contributed by atoms with Gasteiger partial charge in [0.25, 0.3) is 0 Å². The first-order valence-corrected chi connectivity index (χ1v) is 9.10. The molecule has 0 saturated carbocycles. The number of halogens is 3. The summed E-state index contributed by atoms with van der Waals surface area (Å²) < 4.78 is 8.70. The Morgan fingerprint density at radius 3 is 2.30 bits per heavy atom. The van der Waals surface area contributed by atoms with Crippen LogP contribution in [0.2, 0.25) is 0 Å². The van der Waals surface area contributed by atoms with Crippen molar-refractivity contribution in [1.82, 2.24) is 0 Å². The zero-order chi connectivity index (χ0) is 15.0. The van der Waals surface area contributed by atoms with Crippen LogP contribution in [0.3, 0.4) is 0 Å². The summed E-state index contributed by atoms with van der Waals surface area (Å²) in [5.41, 5.74) is 9.70. The van der Waals surface area contributed by atoms with E-state index in [1.807, 2.05) is 6.92 Å². The summed E-state index contributed by atoms with van der Waals surface area (Å²) in [6.45, 7) is 4.08. The number of benzene rings is 1. The van der Waals surface area contributed by atoms with Gasteiger partial charge < -0.3 is 10.5 Å². The van der Waals surface area contributed by atoms with Crippen LogP contribution in [0, 0.1) is 13.8 Å². The number of hydrogen-bond donors (Lipinski definition) is 1. The minimum absolute atomic E-state index is 0.214. The van der Waals surface area contributed by atoms with Crippen LogP contribution in [0.1, 0.15) is 27.6 Å². The summed E-state index contributed by atoms with van der Waals surface area (Å²) in [5.74, 6) is 0.860. The lowest BCUT2D eigenvalue weighted by Crippen LogP contribution is -2.14. The molecule has 1 atom stereocenters. The van der Waals surface area contributed by atoms with E-state index in [-0.39, 0.29) is 6.04 Å². The van der Waals surface area contributed by atoms with Gasteiger partial charge in [-0.05, 0) is 69.0 Å². The second kappa shape index (κ2) is 6.48. The topological polar surface area (TPSA) is 35.2 Å². The Hall–Kier alpha value is 0.120. The monoisotopic (exact) mass is 481 g/mol. The quantitative estimate of drug-likeness (QED) is 0.607. The van der Waals surface area contributed by atoms with Crippen molar-refractivity contribution >= 4 is 59.1 Å². The highest BCUT2D eigenvalue weighted by molar-refractivity contribution is 9.13. The Bertz CT molecular complexity index is 635. The Labute approximate surface area is 148 Å². The molecule has 0 saturated heterocycles. The summed E-state index contributed by atoms with van der Waals surface area (Å²) in [7, 11) is 1.69. The number of rotatable bonds is 3. The van der Waals surface area contributed by atoms with Gasteiger partial charge >= 0.3 is 0 Å². The maximum Gasteiger partial charge on any atom is 0.127 e. The van der Waals surface area contributed by atoms with Gasteiger partial charge in [0.05, 0.1) is 16.9 Å². The maximum atomic E-state index is 6.48. The van der Waals surface area contributed by atoms with Gasteiger partial charge in [-0.2, -0.15) is 0 Å². The Morgan fingerprint density at radius 1 is 1.15 bits per heavy atom. The standard InChI is InChI=1S/C14H14Br3NOS/c1-6-4-8(15)7(2)11(13(6)19-3)12(18)10-5-9(16)14(17)20-10/h4-5,12H,18H2,1-3H3. The van der Waals surface area contributed by atoms with Gasteiger partial charge in [-0.3, -0.25) is 0 Å². The number of ether oxygens (including phenoxy) is 1. The van der Waals surface area contributed by atoms with Crippen molar-refractivity contribution in [2.75, 3.05) is 7.11 Å². The summed E-state index contributed by atoms with van der Waals surface area (Å²) in [6.07, 6.45) is 0. The second-order valence-electron chi connectivity index (χ2n) is 4.50. The number of hydrogen-bond acceptors (Lipinski definition) is 3. The molecule has 1 aromatic carbocycles. The van der Waals surface area contributed by atoms with E-state index >= 15 is 0 Å². The second-order valence-corrected chi connectivity index (χ2v) is 8.61. The third-order valence-electron chi connectivity index (χ3n) is 3.19.